The van der Waals surface area contributed by atoms with Crippen molar-refractivity contribution in [3.63, 3.8) is 0 Å². The molecule has 0 heterocycles. The van der Waals surface area contributed by atoms with Crippen LogP contribution in [0.4, 0.5) is 4.79 Å². The maximum Gasteiger partial charge on any atom is 0.511 e. The number of carbonyl (C=O) groups is 1. The van der Waals surface area contributed by atoms with Crippen molar-refractivity contribution in [3.05, 3.63) is 54.1 Å². The van der Waals surface area contributed by atoms with Crippen molar-refractivity contribution < 1.29 is 14.6 Å². The van der Waals surface area contributed by atoms with Gasteiger partial charge in [0, 0.05) is 5.56 Å². The van der Waals surface area contributed by atoms with E-state index in [0.717, 1.165) is 16.7 Å². The summed E-state index contributed by atoms with van der Waals surface area (Å²) in [7, 11) is 0. The van der Waals surface area contributed by atoms with Crippen molar-refractivity contribution in [2.75, 3.05) is 0 Å². The average Bonchev–Trinajstić information content (AvgIpc) is 2.29. The standard InChI is InChI=1S/C14H12O3/c1-10-7-8-12(11-5-3-2-4-6-11)13(9-10)17-14(15)16/h2-9H,1H3,(H,15,16). The fraction of sp³-hybridized carbons (Fsp3) is 0.0714. The van der Waals surface area contributed by atoms with Crippen LogP contribution in [0.1, 0.15) is 5.56 Å². The highest BCUT2D eigenvalue weighted by Crippen LogP contribution is 2.30. The number of ether oxygens (including phenoxy) is 1. The van der Waals surface area contributed by atoms with Gasteiger partial charge in [-0.15, -0.1) is 0 Å². The fourth-order valence-corrected chi connectivity index (χ4v) is 1.66. The maximum atomic E-state index is 10.6. The molecule has 0 aromatic heterocycles. The van der Waals surface area contributed by atoms with Gasteiger partial charge < -0.3 is 9.84 Å². The third-order valence-electron chi connectivity index (χ3n) is 2.42. The zero-order valence-corrected chi connectivity index (χ0v) is 9.38. The molecule has 0 saturated heterocycles. The van der Waals surface area contributed by atoms with Crippen LogP contribution in [0.2, 0.25) is 0 Å². The Morgan fingerprint density at radius 3 is 2.47 bits per heavy atom. The van der Waals surface area contributed by atoms with Gasteiger partial charge >= 0.3 is 6.16 Å². The molecule has 0 fully saturated rings. The molecule has 2 rings (SSSR count). The third-order valence-corrected chi connectivity index (χ3v) is 2.42. The summed E-state index contributed by atoms with van der Waals surface area (Å²) in [5, 5.41) is 8.71. The predicted octanol–water partition coefficient (Wildman–Crippen LogP) is 3.72. The van der Waals surface area contributed by atoms with Gasteiger partial charge in [0.05, 0.1) is 0 Å². The molecule has 0 spiro atoms. The second kappa shape index (κ2) is 4.70. The lowest BCUT2D eigenvalue weighted by Crippen LogP contribution is -2.04. The Morgan fingerprint density at radius 2 is 1.82 bits per heavy atom. The Balaban J connectivity index is 2.50. The number of benzene rings is 2. The number of hydrogen-bond donors (Lipinski definition) is 1. The van der Waals surface area contributed by atoms with Crippen LogP contribution >= 0.6 is 0 Å². The Labute approximate surface area is 99.3 Å². The van der Waals surface area contributed by atoms with E-state index in [2.05, 4.69) is 0 Å². The molecule has 3 heteroatoms. The van der Waals surface area contributed by atoms with Crippen LogP contribution in [0.25, 0.3) is 11.1 Å². The Hall–Kier alpha value is -2.29. The monoisotopic (exact) mass is 228 g/mol. The van der Waals surface area contributed by atoms with Gasteiger partial charge in [0.25, 0.3) is 0 Å². The van der Waals surface area contributed by atoms with Gasteiger partial charge in [-0.2, -0.15) is 0 Å². The first kappa shape index (κ1) is 11.2. The van der Waals surface area contributed by atoms with Gasteiger partial charge in [0.15, 0.2) is 0 Å². The predicted molar refractivity (Wildman–Crippen MR) is 65.3 cm³/mol. The summed E-state index contributed by atoms with van der Waals surface area (Å²) in [4.78, 5) is 10.6. The molecule has 17 heavy (non-hydrogen) atoms. The minimum atomic E-state index is -1.30. The lowest BCUT2D eigenvalue weighted by molar-refractivity contribution is 0.144. The summed E-state index contributed by atoms with van der Waals surface area (Å²) >= 11 is 0. The van der Waals surface area contributed by atoms with Gasteiger partial charge in [-0.1, -0.05) is 42.5 Å². The summed E-state index contributed by atoms with van der Waals surface area (Å²) in [5.74, 6) is 0.365. The summed E-state index contributed by atoms with van der Waals surface area (Å²) in [5.41, 5.74) is 2.67. The molecule has 0 unspecified atom stereocenters. The third kappa shape index (κ3) is 2.64. The van der Waals surface area contributed by atoms with E-state index in [1.165, 1.54) is 0 Å². The first-order chi connectivity index (χ1) is 8.16. The molecule has 3 nitrogen and oxygen atoms in total. The molecule has 0 atom stereocenters. The average molecular weight is 228 g/mol. The topological polar surface area (TPSA) is 46.5 Å². The molecular weight excluding hydrogens is 216 g/mol. The van der Waals surface area contributed by atoms with E-state index in [1.54, 1.807) is 6.07 Å². The van der Waals surface area contributed by atoms with Crippen molar-refractivity contribution in [2.45, 2.75) is 6.92 Å². The maximum absolute atomic E-state index is 10.6. The van der Waals surface area contributed by atoms with Crippen LogP contribution in [0.15, 0.2) is 48.5 Å². The zero-order valence-electron chi connectivity index (χ0n) is 9.38. The van der Waals surface area contributed by atoms with Crippen LogP contribution in [0.3, 0.4) is 0 Å². The molecule has 2 aromatic rings. The van der Waals surface area contributed by atoms with E-state index in [-0.39, 0.29) is 0 Å². The van der Waals surface area contributed by atoms with Crippen molar-refractivity contribution >= 4 is 6.16 Å². The lowest BCUT2D eigenvalue weighted by atomic mass is 10.0. The van der Waals surface area contributed by atoms with Crippen molar-refractivity contribution in [2.24, 2.45) is 0 Å². The molecule has 0 bridgehead atoms. The van der Waals surface area contributed by atoms with Gasteiger partial charge in [0.1, 0.15) is 5.75 Å². The zero-order chi connectivity index (χ0) is 12.3. The number of hydrogen-bond acceptors (Lipinski definition) is 2. The van der Waals surface area contributed by atoms with Gasteiger partial charge in [0.2, 0.25) is 0 Å². The summed E-state index contributed by atoms with van der Waals surface area (Å²) in [6.45, 7) is 1.89. The van der Waals surface area contributed by atoms with E-state index < -0.39 is 6.16 Å². The van der Waals surface area contributed by atoms with Crippen LogP contribution in [-0.2, 0) is 0 Å². The second-order valence-corrected chi connectivity index (χ2v) is 3.73. The van der Waals surface area contributed by atoms with Gasteiger partial charge in [-0.05, 0) is 24.1 Å². The molecule has 2 aromatic carbocycles. The van der Waals surface area contributed by atoms with E-state index in [9.17, 15) is 4.79 Å². The first-order valence-corrected chi connectivity index (χ1v) is 5.23. The minimum Gasteiger partial charge on any atom is -0.449 e. The highest BCUT2D eigenvalue weighted by Gasteiger charge is 2.09. The highest BCUT2D eigenvalue weighted by molar-refractivity contribution is 5.74. The Kier molecular flexibility index (Phi) is 3.10. The quantitative estimate of drug-likeness (QED) is 0.629. The van der Waals surface area contributed by atoms with E-state index >= 15 is 0 Å². The molecule has 0 saturated carbocycles. The fourth-order valence-electron chi connectivity index (χ4n) is 1.66. The largest absolute Gasteiger partial charge is 0.511 e. The molecule has 0 aliphatic rings. The number of aryl methyl sites for hydroxylation is 1. The first-order valence-electron chi connectivity index (χ1n) is 5.23. The summed E-state index contributed by atoms with van der Waals surface area (Å²) in [6, 6.07) is 15.1. The molecular formula is C14H12O3. The van der Waals surface area contributed by atoms with Gasteiger partial charge in [-0.3, -0.25) is 0 Å². The molecule has 0 aliphatic heterocycles. The molecule has 1 N–H and O–H groups in total. The molecule has 0 aliphatic carbocycles. The Morgan fingerprint density at radius 1 is 1.12 bits per heavy atom. The lowest BCUT2D eigenvalue weighted by Gasteiger charge is -2.09. The number of rotatable bonds is 2. The summed E-state index contributed by atoms with van der Waals surface area (Å²) < 4.78 is 4.80. The molecule has 0 radical (unpaired) electrons. The molecule has 86 valence electrons. The SMILES string of the molecule is Cc1ccc(-c2ccccc2)c(OC(=O)O)c1. The highest BCUT2D eigenvalue weighted by atomic mass is 16.7. The Bertz CT molecular complexity index is 532. The smallest absolute Gasteiger partial charge is 0.449 e. The number of carboxylic acid groups (broad SMARTS) is 1. The van der Waals surface area contributed by atoms with Gasteiger partial charge in [-0.25, -0.2) is 4.79 Å². The molecule has 0 amide bonds. The normalized spacial score (nSPS) is 9.94. The van der Waals surface area contributed by atoms with Crippen molar-refractivity contribution in [1.29, 1.82) is 0 Å². The van der Waals surface area contributed by atoms with Crippen LogP contribution in [0.5, 0.6) is 5.75 Å². The van der Waals surface area contributed by atoms with Crippen LogP contribution in [0, 0.1) is 6.92 Å². The van der Waals surface area contributed by atoms with E-state index in [1.807, 2.05) is 49.4 Å². The summed E-state index contributed by atoms with van der Waals surface area (Å²) in [6.07, 6.45) is -1.30. The second-order valence-electron chi connectivity index (χ2n) is 3.73. The van der Waals surface area contributed by atoms with Crippen LogP contribution in [-0.4, -0.2) is 11.3 Å². The van der Waals surface area contributed by atoms with Crippen molar-refractivity contribution in [1.82, 2.24) is 0 Å². The van der Waals surface area contributed by atoms with E-state index in [4.69, 9.17) is 9.84 Å². The van der Waals surface area contributed by atoms with Crippen LogP contribution < -0.4 is 4.74 Å². The van der Waals surface area contributed by atoms with Crippen molar-refractivity contribution in [3.8, 4) is 16.9 Å². The minimum absolute atomic E-state index is 0.365. The van der Waals surface area contributed by atoms with E-state index in [0.29, 0.717) is 5.75 Å².